The molecule has 4 heteroatoms. The van der Waals surface area contributed by atoms with Crippen molar-refractivity contribution in [3.8, 4) is 5.75 Å². The Bertz CT molecular complexity index is 910. The molecule has 0 saturated carbocycles. The van der Waals surface area contributed by atoms with E-state index in [4.69, 9.17) is 4.74 Å². The average Bonchev–Trinajstić information content (AvgIpc) is 2.63. The predicted octanol–water partition coefficient (Wildman–Crippen LogP) is 6.40. The first-order valence-corrected chi connectivity index (χ1v) is 9.28. The van der Waals surface area contributed by atoms with Crippen molar-refractivity contribution >= 4 is 21.6 Å². The summed E-state index contributed by atoms with van der Waals surface area (Å²) in [4.78, 5) is 0. The molecular formula is C22H21BrFNO. The smallest absolute Gasteiger partial charge is 0.134 e. The van der Waals surface area contributed by atoms with E-state index in [1.807, 2.05) is 18.2 Å². The van der Waals surface area contributed by atoms with E-state index in [1.165, 1.54) is 17.2 Å². The summed E-state index contributed by atoms with van der Waals surface area (Å²) in [5.74, 6) is 0.445. The van der Waals surface area contributed by atoms with Crippen molar-refractivity contribution in [1.29, 1.82) is 0 Å². The Balaban J connectivity index is 1.61. The molecule has 0 unspecified atom stereocenters. The Hall–Kier alpha value is -2.33. The maximum Gasteiger partial charge on any atom is 0.134 e. The molecule has 0 aliphatic rings. The topological polar surface area (TPSA) is 21.3 Å². The maximum absolute atomic E-state index is 13.7. The minimum absolute atomic E-state index is 0.200. The molecule has 0 amide bonds. The summed E-state index contributed by atoms with van der Waals surface area (Å²) < 4.78 is 20.3. The number of nitrogens with one attached hydrogen (secondary N) is 1. The van der Waals surface area contributed by atoms with Crippen molar-refractivity contribution in [2.75, 3.05) is 5.32 Å². The standard InChI is InChI=1S/C22H21BrFNO/c1-15-7-9-19(11-16(15)2)25-13-17-8-10-22(20(23)12-17)26-14-18-5-3-4-6-21(18)24/h3-12,25H,13-14H2,1-2H3. The Morgan fingerprint density at radius 2 is 1.77 bits per heavy atom. The Morgan fingerprint density at radius 3 is 2.50 bits per heavy atom. The number of anilines is 1. The second-order valence-corrected chi connectivity index (χ2v) is 7.15. The van der Waals surface area contributed by atoms with Crippen LogP contribution in [0.2, 0.25) is 0 Å². The van der Waals surface area contributed by atoms with Gasteiger partial charge >= 0.3 is 0 Å². The van der Waals surface area contributed by atoms with Gasteiger partial charge in [0, 0.05) is 17.8 Å². The monoisotopic (exact) mass is 413 g/mol. The lowest BCUT2D eigenvalue weighted by molar-refractivity contribution is 0.298. The molecule has 1 N–H and O–H groups in total. The molecule has 0 aromatic heterocycles. The fourth-order valence-corrected chi connectivity index (χ4v) is 3.14. The fourth-order valence-electron chi connectivity index (χ4n) is 2.60. The molecule has 0 atom stereocenters. The van der Waals surface area contributed by atoms with Crippen molar-refractivity contribution in [3.63, 3.8) is 0 Å². The summed E-state index contributed by atoms with van der Waals surface area (Å²) >= 11 is 3.54. The second-order valence-electron chi connectivity index (χ2n) is 6.30. The highest BCUT2D eigenvalue weighted by atomic mass is 79.9. The molecule has 3 aromatic rings. The van der Waals surface area contributed by atoms with Crippen LogP contribution < -0.4 is 10.1 Å². The summed E-state index contributed by atoms with van der Waals surface area (Å²) in [5, 5.41) is 3.43. The second kappa shape index (κ2) is 8.37. The van der Waals surface area contributed by atoms with Crippen LogP contribution in [0, 0.1) is 19.7 Å². The van der Waals surface area contributed by atoms with Crippen LogP contribution in [-0.2, 0) is 13.2 Å². The number of benzene rings is 3. The number of ether oxygens (including phenoxy) is 1. The van der Waals surface area contributed by atoms with Crippen LogP contribution in [-0.4, -0.2) is 0 Å². The van der Waals surface area contributed by atoms with Crippen LogP contribution in [0.1, 0.15) is 22.3 Å². The highest BCUT2D eigenvalue weighted by Gasteiger charge is 2.06. The highest BCUT2D eigenvalue weighted by Crippen LogP contribution is 2.27. The molecule has 0 fully saturated rings. The third kappa shape index (κ3) is 4.64. The van der Waals surface area contributed by atoms with Crippen molar-refractivity contribution in [2.24, 2.45) is 0 Å². The molecule has 0 saturated heterocycles. The number of hydrogen-bond acceptors (Lipinski definition) is 2. The molecule has 0 heterocycles. The minimum atomic E-state index is -0.252. The Morgan fingerprint density at radius 1 is 0.962 bits per heavy atom. The first kappa shape index (κ1) is 18.5. The summed E-state index contributed by atoms with van der Waals surface area (Å²) in [6, 6.07) is 18.9. The van der Waals surface area contributed by atoms with Gasteiger partial charge in [0.1, 0.15) is 18.2 Å². The SMILES string of the molecule is Cc1ccc(NCc2ccc(OCc3ccccc3F)c(Br)c2)cc1C. The Kier molecular flexibility index (Phi) is 5.94. The summed E-state index contributed by atoms with van der Waals surface area (Å²) in [5.41, 5.74) is 5.33. The first-order valence-electron chi connectivity index (χ1n) is 8.48. The van der Waals surface area contributed by atoms with Gasteiger partial charge in [-0.15, -0.1) is 0 Å². The summed E-state index contributed by atoms with van der Waals surface area (Å²) in [7, 11) is 0. The van der Waals surface area contributed by atoms with Gasteiger partial charge in [-0.2, -0.15) is 0 Å². The zero-order valence-corrected chi connectivity index (χ0v) is 16.4. The molecule has 2 nitrogen and oxygen atoms in total. The lowest BCUT2D eigenvalue weighted by Gasteiger charge is -2.12. The van der Waals surface area contributed by atoms with E-state index in [0.29, 0.717) is 17.9 Å². The highest BCUT2D eigenvalue weighted by molar-refractivity contribution is 9.10. The number of aryl methyl sites for hydroxylation is 2. The van der Waals surface area contributed by atoms with Crippen LogP contribution in [0.15, 0.2) is 65.1 Å². The predicted molar refractivity (Wildman–Crippen MR) is 108 cm³/mol. The van der Waals surface area contributed by atoms with E-state index in [2.05, 4.69) is 53.3 Å². The molecule has 134 valence electrons. The third-order valence-electron chi connectivity index (χ3n) is 4.34. The molecule has 0 aliphatic carbocycles. The molecule has 3 rings (SSSR count). The summed E-state index contributed by atoms with van der Waals surface area (Å²) in [6.07, 6.45) is 0. The lowest BCUT2D eigenvalue weighted by atomic mass is 10.1. The van der Waals surface area contributed by atoms with Crippen molar-refractivity contribution < 1.29 is 9.13 Å². The zero-order chi connectivity index (χ0) is 18.5. The van der Waals surface area contributed by atoms with Gasteiger partial charge in [-0.1, -0.05) is 30.3 Å². The molecule has 26 heavy (non-hydrogen) atoms. The third-order valence-corrected chi connectivity index (χ3v) is 4.96. The van der Waals surface area contributed by atoms with Gasteiger partial charge in [0.25, 0.3) is 0 Å². The molecule has 0 aliphatic heterocycles. The number of hydrogen-bond donors (Lipinski definition) is 1. The van der Waals surface area contributed by atoms with Gasteiger partial charge in [-0.3, -0.25) is 0 Å². The van der Waals surface area contributed by atoms with Crippen molar-refractivity contribution in [1.82, 2.24) is 0 Å². The van der Waals surface area contributed by atoms with E-state index < -0.39 is 0 Å². The molecular weight excluding hydrogens is 393 g/mol. The number of halogens is 2. The van der Waals surface area contributed by atoms with Gasteiger partial charge in [0.15, 0.2) is 0 Å². The van der Waals surface area contributed by atoms with Gasteiger partial charge in [0.2, 0.25) is 0 Å². The van der Waals surface area contributed by atoms with Gasteiger partial charge in [-0.05, 0) is 76.8 Å². The van der Waals surface area contributed by atoms with Gasteiger partial charge in [0.05, 0.1) is 4.47 Å². The van der Waals surface area contributed by atoms with Gasteiger partial charge < -0.3 is 10.1 Å². The largest absolute Gasteiger partial charge is 0.488 e. The Labute approximate surface area is 162 Å². The molecule has 3 aromatic carbocycles. The van der Waals surface area contributed by atoms with Crippen LogP contribution in [0.5, 0.6) is 5.75 Å². The van der Waals surface area contributed by atoms with Crippen molar-refractivity contribution in [3.05, 3.63) is 93.2 Å². The van der Waals surface area contributed by atoms with Crippen LogP contribution >= 0.6 is 15.9 Å². The fraction of sp³-hybridized carbons (Fsp3) is 0.182. The van der Waals surface area contributed by atoms with E-state index in [0.717, 1.165) is 15.7 Å². The van der Waals surface area contributed by atoms with Crippen LogP contribution in [0.25, 0.3) is 0 Å². The van der Waals surface area contributed by atoms with Crippen LogP contribution in [0.4, 0.5) is 10.1 Å². The lowest BCUT2D eigenvalue weighted by Crippen LogP contribution is -2.02. The normalized spacial score (nSPS) is 10.6. The molecule has 0 radical (unpaired) electrons. The quantitative estimate of drug-likeness (QED) is 0.504. The average molecular weight is 414 g/mol. The minimum Gasteiger partial charge on any atom is -0.488 e. The first-order chi connectivity index (χ1) is 12.5. The maximum atomic E-state index is 13.7. The van der Waals surface area contributed by atoms with E-state index in [-0.39, 0.29) is 12.4 Å². The van der Waals surface area contributed by atoms with E-state index in [9.17, 15) is 4.39 Å². The summed E-state index contributed by atoms with van der Waals surface area (Å²) in [6.45, 7) is 5.13. The van der Waals surface area contributed by atoms with Crippen molar-refractivity contribution in [2.45, 2.75) is 27.0 Å². The van der Waals surface area contributed by atoms with Crippen LogP contribution in [0.3, 0.4) is 0 Å². The zero-order valence-electron chi connectivity index (χ0n) is 14.9. The molecule has 0 spiro atoms. The molecule has 0 bridgehead atoms. The van der Waals surface area contributed by atoms with Gasteiger partial charge in [-0.25, -0.2) is 4.39 Å². The van der Waals surface area contributed by atoms with E-state index in [1.54, 1.807) is 18.2 Å². The number of rotatable bonds is 6. The van der Waals surface area contributed by atoms with E-state index >= 15 is 0 Å².